The normalized spacial score (nSPS) is 12.6. The predicted octanol–water partition coefficient (Wildman–Crippen LogP) is 3.16. The molecule has 2 aromatic rings. The molecule has 0 heterocycles. The van der Waals surface area contributed by atoms with Crippen LogP contribution in [0.15, 0.2) is 58.4 Å². The average molecular weight is 535 g/mol. The zero-order valence-electron chi connectivity index (χ0n) is 16.7. The molecule has 0 radical (unpaired) electrons. The summed E-state index contributed by atoms with van der Waals surface area (Å²) in [5.41, 5.74) is 1.12. The summed E-state index contributed by atoms with van der Waals surface area (Å²) in [4.78, 5) is 3.77. The minimum Gasteiger partial charge on any atom is -0.489 e. The summed E-state index contributed by atoms with van der Waals surface area (Å²) in [6.07, 6.45) is -0.123. The average Bonchev–Trinajstić information content (AvgIpc) is 2.64. The fourth-order valence-corrected chi connectivity index (χ4v) is 3.78. The molecule has 0 amide bonds. The molecule has 0 aliphatic rings. The Morgan fingerprint density at radius 3 is 2.55 bits per heavy atom. The van der Waals surface area contributed by atoms with Gasteiger partial charge in [0.2, 0.25) is 0 Å². The molecule has 0 aliphatic heterocycles. The minimum atomic E-state index is -3.72. The summed E-state index contributed by atoms with van der Waals surface area (Å²) in [5, 5.41) is 6.01. The van der Waals surface area contributed by atoms with Gasteiger partial charge in [0.25, 0.3) is 0 Å². The van der Waals surface area contributed by atoms with Crippen molar-refractivity contribution in [3.05, 3.63) is 59.9 Å². The fourth-order valence-electron chi connectivity index (χ4n) is 2.53. The number of hydrogen-bond acceptors (Lipinski definition) is 4. The third-order valence-electron chi connectivity index (χ3n) is 3.94. The van der Waals surface area contributed by atoms with E-state index in [1.54, 1.807) is 7.05 Å². The van der Waals surface area contributed by atoms with Crippen LogP contribution < -0.4 is 15.4 Å². The molecule has 0 saturated carbocycles. The Labute approximate surface area is 188 Å². The Kier molecular flexibility index (Phi) is 10.4. The van der Waals surface area contributed by atoms with E-state index in [0.717, 1.165) is 17.4 Å². The highest BCUT2D eigenvalue weighted by Crippen LogP contribution is 2.15. The van der Waals surface area contributed by atoms with E-state index < -0.39 is 15.7 Å². The maximum absolute atomic E-state index is 13.7. The second-order valence-electron chi connectivity index (χ2n) is 6.37. The number of ether oxygens (including phenoxy) is 1. The van der Waals surface area contributed by atoms with Gasteiger partial charge in [-0.25, -0.2) is 12.8 Å². The molecule has 1 atom stereocenters. The van der Waals surface area contributed by atoms with Crippen LogP contribution in [0.3, 0.4) is 0 Å². The zero-order chi connectivity index (χ0) is 20.6. The van der Waals surface area contributed by atoms with E-state index in [-0.39, 0.29) is 47.3 Å². The molecule has 0 spiro atoms. The lowest BCUT2D eigenvalue weighted by Crippen LogP contribution is -2.43. The third kappa shape index (κ3) is 8.17. The van der Waals surface area contributed by atoms with Crippen molar-refractivity contribution >= 4 is 39.8 Å². The number of nitrogens with one attached hydrogen (secondary N) is 2. The van der Waals surface area contributed by atoms with Crippen molar-refractivity contribution < 1.29 is 17.5 Å². The van der Waals surface area contributed by atoms with Crippen LogP contribution in [-0.2, 0) is 9.84 Å². The number of aryl methyl sites for hydroxylation is 1. The third-order valence-corrected chi connectivity index (χ3v) is 5.69. The van der Waals surface area contributed by atoms with E-state index in [9.17, 15) is 12.8 Å². The number of rotatable bonds is 8. The van der Waals surface area contributed by atoms with Gasteiger partial charge in [-0.2, -0.15) is 0 Å². The molecule has 29 heavy (non-hydrogen) atoms. The van der Waals surface area contributed by atoms with Gasteiger partial charge in [-0.1, -0.05) is 24.3 Å². The van der Waals surface area contributed by atoms with Crippen LogP contribution in [0, 0.1) is 12.7 Å². The molecule has 2 rings (SSSR count). The van der Waals surface area contributed by atoms with Crippen LogP contribution in [0.2, 0.25) is 0 Å². The predicted molar refractivity (Wildman–Crippen MR) is 125 cm³/mol. The first-order chi connectivity index (χ1) is 13.3. The lowest BCUT2D eigenvalue weighted by molar-refractivity contribution is 0.223. The number of nitrogens with zero attached hydrogens (tertiary/aromatic N) is 1. The van der Waals surface area contributed by atoms with E-state index in [0.29, 0.717) is 12.5 Å². The molecule has 160 valence electrons. The monoisotopic (exact) mass is 535 g/mol. The molecule has 0 bridgehead atoms. The van der Waals surface area contributed by atoms with Crippen LogP contribution in [0.5, 0.6) is 5.75 Å². The van der Waals surface area contributed by atoms with E-state index >= 15 is 0 Å². The molecular weight excluding hydrogens is 508 g/mol. The van der Waals surface area contributed by atoms with Crippen LogP contribution in [0.1, 0.15) is 12.5 Å². The smallest absolute Gasteiger partial charge is 0.191 e. The molecule has 1 unspecified atom stereocenters. The molecule has 2 N–H and O–H groups in total. The minimum absolute atomic E-state index is 0. The maximum atomic E-state index is 13.7. The summed E-state index contributed by atoms with van der Waals surface area (Å²) >= 11 is 0. The van der Waals surface area contributed by atoms with Crippen molar-refractivity contribution in [1.29, 1.82) is 0 Å². The number of benzene rings is 2. The number of aliphatic imine (C=N–C) groups is 1. The Bertz CT molecular complexity index is 923. The van der Waals surface area contributed by atoms with Gasteiger partial charge in [-0.05, 0) is 43.7 Å². The van der Waals surface area contributed by atoms with Crippen molar-refractivity contribution in [3.8, 4) is 5.75 Å². The highest BCUT2D eigenvalue weighted by Gasteiger charge is 2.18. The van der Waals surface area contributed by atoms with Crippen LogP contribution in [0.4, 0.5) is 4.39 Å². The van der Waals surface area contributed by atoms with Gasteiger partial charge < -0.3 is 15.4 Å². The van der Waals surface area contributed by atoms with Crippen molar-refractivity contribution in [2.75, 3.05) is 25.9 Å². The van der Waals surface area contributed by atoms with Crippen molar-refractivity contribution in [1.82, 2.24) is 10.6 Å². The molecule has 0 aliphatic carbocycles. The number of sulfone groups is 1. The van der Waals surface area contributed by atoms with E-state index in [1.165, 1.54) is 18.2 Å². The first-order valence-corrected chi connectivity index (χ1v) is 10.6. The Morgan fingerprint density at radius 1 is 1.17 bits per heavy atom. The Morgan fingerprint density at radius 2 is 1.90 bits per heavy atom. The molecule has 0 saturated heterocycles. The quantitative estimate of drug-likeness (QED) is 0.309. The Balaban J connectivity index is 0.00000420. The molecule has 6 nitrogen and oxygen atoms in total. The first-order valence-electron chi connectivity index (χ1n) is 8.97. The largest absolute Gasteiger partial charge is 0.489 e. The van der Waals surface area contributed by atoms with Crippen LogP contribution in [-0.4, -0.2) is 46.4 Å². The number of guanidine groups is 1. The Hall–Kier alpha value is -1.88. The first kappa shape index (κ1) is 25.2. The van der Waals surface area contributed by atoms with Gasteiger partial charge in [0.15, 0.2) is 15.8 Å². The van der Waals surface area contributed by atoms with Crippen LogP contribution >= 0.6 is 24.0 Å². The zero-order valence-corrected chi connectivity index (χ0v) is 19.8. The van der Waals surface area contributed by atoms with Gasteiger partial charge >= 0.3 is 0 Å². The summed E-state index contributed by atoms with van der Waals surface area (Å²) in [6.45, 7) is 4.50. The highest BCUT2D eigenvalue weighted by atomic mass is 127. The van der Waals surface area contributed by atoms with Gasteiger partial charge in [-0.15, -0.1) is 24.0 Å². The standard InChI is InChI=1S/C20H26FN3O3S.HI/c1-15-7-6-8-17(13-15)27-16(2)14-24-20(22-3)23-11-12-28(25,26)19-10-5-4-9-18(19)21;/h4-10,13,16H,11-12,14H2,1-3H3,(H2,22,23,24);1H. The molecule has 0 aromatic heterocycles. The van der Waals surface area contributed by atoms with Crippen LogP contribution in [0.25, 0.3) is 0 Å². The second-order valence-corrected chi connectivity index (χ2v) is 8.45. The number of halogens is 2. The maximum Gasteiger partial charge on any atom is 0.191 e. The molecule has 2 aromatic carbocycles. The lowest BCUT2D eigenvalue weighted by Gasteiger charge is -2.18. The van der Waals surface area contributed by atoms with Gasteiger partial charge in [-0.3, -0.25) is 4.99 Å². The van der Waals surface area contributed by atoms with Crippen molar-refractivity contribution in [2.24, 2.45) is 4.99 Å². The number of hydrogen-bond donors (Lipinski definition) is 2. The SMILES string of the molecule is CN=C(NCCS(=O)(=O)c1ccccc1F)NCC(C)Oc1cccc(C)c1.I. The van der Waals surface area contributed by atoms with E-state index in [1.807, 2.05) is 38.1 Å². The topological polar surface area (TPSA) is 79.8 Å². The molecule has 0 fully saturated rings. The van der Waals surface area contributed by atoms with E-state index in [4.69, 9.17) is 4.74 Å². The lowest BCUT2D eigenvalue weighted by atomic mass is 10.2. The summed E-state index contributed by atoms with van der Waals surface area (Å²) < 4.78 is 44.1. The highest BCUT2D eigenvalue weighted by molar-refractivity contribution is 14.0. The van der Waals surface area contributed by atoms with Gasteiger partial charge in [0.1, 0.15) is 22.6 Å². The van der Waals surface area contributed by atoms with Gasteiger partial charge in [0, 0.05) is 13.6 Å². The molecule has 9 heteroatoms. The van der Waals surface area contributed by atoms with Crippen molar-refractivity contribution in [3.63, 3.8) is 0 Å². The summed E-state index contributed by atoms with van der Waals surface area (Å²) in [5.74, 6) is 0.244. The van der Waals surface area contributed by atoms with Gasteiger partial charge in [0.05, 0.1) is 12.3 Å². The summed E-state index contributed by atoms with van der Waals surface area (Å²) in [7, 11) is -2.13. The second kappa shape index (κ2) is 12.0. The summed E-state index contributed by atoms with van der Waals surface area (Å²) in [6, 6.07) is 13.1. The molecular formula is C20H27FIN3O3S. The fraction of sp³-hybridized carbons (Fsp3) is 0.350. The van der Waals surface area contributed by atoms with Crippen molar-refractivity contribution in [2.45, 2.75) is 24.8 Å². The van der Waals surface area contributed by atoms with E-state index in [2.05, 4.69) is 15.6 Å².